The Morgan fingerprint density at radius 3 is 2.58 bits per heavy atom. The first-order chi connectivity index (χ1) is 11.1. The number of amides is 1. The Kier molecular flexibility index (Phi) is 7.70. The molecule has 0 aliphatic carbocycles. The standard InChI is InChI=1S/C16H21N3O4.ClH/c1-2-19-12-6-4-3-5-11(12)14(21)13(16(19)23)15(22)18-8-7-17-9-10-20;/h3-6,17,20-21H,2,7-10H2,1H3,(H,18,22);1H/p-1. The number of halogens is 1. The van der Waals surface area contributed by atoms with Gasteiger partial charge < -0.3 is 37.8 Å². The van der Waals surface area contributed by atoms with E-state index in [-0.39, 0.29) is 36.9 Å². The average molecular weight is 355 g/mol. The highest BCUT2D eigenvalue weighted by molar-refractivity contribution is 6.02. The number of aliphatic hydroxyl groups is 1. The molecule has 0 atom stereocenters. The molecule has 132 valence electrons. The van der Waals surface area contributed by atoms with E-state index in [4.69, 9.17) is 5.11 Å². The Balaban J connectivity index is 0.00000288. The number of aromatic nitrogens is 1. The fourth-order valence-corrected chi connectivity index (χ4v) is 2.47. The number of benzene rings is 1. The first-order valence-electron chi connectivity index (χ1n) is 7.56. The van der Waals surface area contributed by atoms with Crippen LogP contribution in [-0.4, -0.2) is 46.9 Å². The van der Waals surface area contributed by atoms with Crippen LogP contribution in [0.3, 0.4) is 0 Å². The number of carbonyl (C=O) groups is 1. The molecule has 0 saturated heterocycles. The Labute approximate surface area is 145 Å². The molecule has 24 heavy (non-hydrogen) atoms. The highest BCUT2D eigenvalue weighted by Crippen LogP contribution is 2.25. The van der Waals surface area contributed by atoms with Crippen molar-refractivity contribution in [1.29, 1.82) is 0 Å². The molecule has 1 heterocycles. The molecule has 7 nitrogen and oxygen atoms in total. The number of pyridine rings is 1. The minimum atomic E-state index is -0.605. The molecular weight excluding hydrogens is 334 g/mol. The van der Waals surface area contributed by atoms with Crippen LogP contribution in [-0.2, 0) is 6.54 Å². The first kappa shape index (κ1) is 20.0. The molecule has 0 fully saturated rings. The van der Waals surface area contributed by atoms with Crippen LogP contribution < -0.4 is 28.6 Å². The van der Waals surface area contributed by atoms with E-state index < -0.39 is 11.5 Å². The average Bonchev–Trinajstić information content (AvgIpc) is 2.55. The number of aromatic hydroxyl groups is 1. The highest BCUT2D eigenvalue weighted by atomic mass is 35.5. The van der Waals surface area contributed by atoms with Crippen molar-refractivity contribution >= 4 is 16.8 Å². The Hall–Kier alpha value is -2.09. The lowest BCUT2D eigenvalue weighted by atomic mass is 10.1. The number of para-hydroxylation sites is 1. The van der Waals surface area contributed by atoms with Crippen molar-refractivity contribution in [3.63, 3.8) is 0 Å². The lowest BCUT2D eigenvalue weighted by Gasteiger charge is -2.13. The lowest BCUT2D eigenvalue weighted by Crippen LogP contribution is -3.00. The topological polar surface area (TPSA) is 104 Å². The predicted molar refractivity (Wildman–Crippen MR) is 87.8 cm³/mol. The second kappa shape index (κ2) is 9.27. The van der Waals surface area contributed by atoms with Gasteiger partial charge in [0.15, 0.2) is 0 Å². The van der Waals surface area contributed by atoms with E-state index >= 15 is 0 Å². The van der Waals surface area contributed by atoms with Gasteiger partial charge in [-0.3, -0.25) is 9.59 Å². The van der Waals surface area contributed by atoms with Crippen LogP contribution in [0.2, 0.25) is 0 Å². The van der Waals surface area contributed by atoms with Crippen molar-refractivity contribution in [3.8, 4) is 5.75 Å². The molecular formula is C16H21ClN3O4-. The number of rotatable bonds is 7. The summed E-state index contributed by atoms with van der Waals surface area (Å²) in [6.07, 6.45) is 0. The quantitative estimate of drug-likeness (QED) is 0.398. The number of hydrogen-bond donors (Lipinski definition) is 4. The fraction of sp³-hybridized carbons (Fsp3) is 0.375. The van der Waals surface area contributed by atoms with E-state index in [0.717, 1.165) is 0 Å². The van der Waals surface area contributed by atoms with Crippen LogP contribution in [0.4, 0.5) is 0 Å². The number of aryl methyl sites for hydroxylation is 1. The van der Waals surface area contributed by atoms with Gasteiger partial charge in [-0.15, -0.1) is 0 Å². The molecule has 8 heteroatoms. The van der Waals surface area contributed by atoms with Gasteiger partial charge in [0.25, 0.3) is 11.5 Å². The van der Waals surface area contributed by atoms with Gasteiger partial charge in [0.1, 0.15) is 11.3 Å². The van der Waals surface area contributed by atoms with Gasteiger partial charge in [0.2, 0.25) is 0 Å². The Bertz CT molecular complexity index is 761. The number of hydrogen-bond acceptors (Lipinski definition) is 5. The number of carbonyl (C=O) groups excluding carboxylic acids is 1. The molecule has 1 aromatic carbocycles. The summed E-state index contributed by atoms with van der Waals surface area (Å²) in [4.78, 5) is 24.8. The number of fused-ring (bicyclic) bond motifs is 1. The lowest BCUT2D eigenvalue weighted by molar-refractivity contribution is -0.0000156. The summed E-state index contributed by atoms with van der Waals surface area (Å²) >= 11 is 0. The SMILES string of the molecule is CCn1c(=O)c(C(=O)NCCNCCO)c(O)c2ccccc21.[Cl-]. The number of nitrogens with one attached hydrogen (secondary N) is 2. The molecule has 0 saturated carbocycles. The number of aliphatic hydroxyl groups excluding tert-OH is 1. The van der Waals surface area contributed by atoms with E-state index in [9.17, 15) is 14.7 Å². The molecule has 0 bridgehead atoms. The largest absolute Gasteiger partial charge is 1.00 e. The first-order valence-corrected chi connectivity index (χ1v) is 7.56. The number of nitrogens with zero attached hydrogens (tertiary/aromatic N) is 1. The van der Waals surface area contributed by atoms with Crippen molar-refractivity contribution in [2.24, 2.45) is 0 Å². The Morgan fingerprint density at radius 1 is 1.21 bits per heavy atom. The summed E-state index contributed by atoms with van der Waals surface area (Å²) in [5.74, 6) is -0.901. The van der Waals surface area contributed by atoms with Crippen molar-refractivity contribution < 1.29 is 27.4 Å². The predicted octanol–water partition coefficient (Wildman–Crippen LogP) is -2.96. The van der Waals surface area contributed by atoms with Crippen LogP contribution in [0.25, 0.3) is 10.9 Å². The molecule has 0 aliphatic heterocycles. The van der Waals surface area contributed by atoms with Gasteiger partial charge in [-0.25, -0.2) is 0 Å². The normalized spacial score (nSPS) is 10.4. The summed E-state index contributed by atoms with van der Waals surface area (Å²) in [6.45, 7) is 3.41. The smallest absolute Gasteiger partial charge is 0.267 e. The van der Waals surface area contributed by atoms with Gasteiger partial charge in [-0.1, -0.05) is 12.1 Å². The van der Waals surface area contributed by atoms with E-state index in [0.29, 0.717) is 30.5 Å². The van der Waals surface area contributed by atoms with Crippen LogP contribution >= 0.6 is 0 Å². The van der Waals surface area contributed by atoms with Crippen LogP contribution in [0.15, 0.2) is 29.1 Å². The molecule has 4 N–H and O–H groups in total. The third kappa shape index (κ3) is 4.05. The van der Waals surface area contributed by atoms with Crippen molar-refractivity contribution in [1.82, 2.24) is 15.2 Å². The van der Waals surface area contributed by atoms with Crippen LogP contribution in [0, 0.1) is 0 Å². The van der Waals surface area contributed by atoms with Crippen molar-refractivity contribution in [3.05, 3.63) is 40.2 Å². The van der Waals surface area contributed by atoms with Gasteiger partial charge >= 0.3 is 0 Å². The van der Waals surface area contributed by atoms with Gasteiger partial charge in [-0.05, 0) is 19.1 Å². The van der Waals surface area contributed by atoms with E-state index in [1.54, 1.807) is 24.3 Å². The summed E-state index contributed by atoms with van der Waals surface area (Å²) in [7, 11) is 0. The second-order valence-corrected chi connectivity index (χ2v) is 5.02. The molecule has 0 spiro atoms. The van der Waals surface area contributed by atoms with Crippen LogP contribution in [0.5, 0.6) is 5.75 Å². The summed E-state index contributed by atoms with van der Waals surface area (Å²) in [5.41, 5.74) is -0.157. The third-order valence-electron chi connectivity index (χ3n) is 3.56. The summed E-state index contributed by atoms with van der Waals surface area (Å²) in [6, 6.07) is 6.93. The van der Waals surface area contributed by atoms with Crippen LogP contribution in [0.1, 0.15) is 17.3 Å². The monoisotopic (exact) mass is 354 g/mol. The molecule has 1 amide bonds. The highest BCUT2D eigenvalue weighted by Gasteiger charge is 2.21. The maximum atomic E-state index is 12.5. The second-order valence-electron chi connectivity index (χ2n) is 5.02. The minimum absolute atomic E-state index is 0. The van der Waals surface area contributed by atoms with Gasteiger partial charge in [0, 0.05) is 31.6 Å². The summed E-state index contributed by atoms with van der Waals surface area (Å²) in [5, 5.41) is 25.0. The third-order valence-corrected chi connectivity index (χ3v) is 3.56. The van der Waals surface area contributed by atoms with Crippen molar-refractivity contribution in [2.45, 2.75) is 13.5 Å². The molecule has 1 aromatic heterocycles. The maximum Gasteiger partial charge on any atom is 0.267 e. The zero-order valence-electron chi connectivity index (χ0n) is 13.4. The summed E-state index contributed by atoms with van der Waals surface area (Å²) < 4.78 is 1.47. The fourth-order valence-electron chi connectivity index (χ4n) is 2.47. The zero-order valence-corrected chi connectivity index (χ0v) is 14.1. The molecule has 0 radical (unpaired) electrons. The maximum absolute atomic E-state index is 12.5. The van der Waals surface area contributed by atoms with E-state index in [1.165, 1.54) is 4.57 Å². The van der Waals surface area contributed by atoms with E-state index in [2.05, 4.69) is 10.6 Å². The zero-order chi connectivity index (χ0) is 16.8. The Morgan fingerprint density at radius 2 is 1.92 bits per heavy atom. The van der Waals surface area contributed by atoms with Crippen molar-refractivity contribution in [2.75, 3.05) is 26.2 Å². The minimum Gasteiger partial charge on any atom is -1.00 e. The van der Waals surface area contributed by atoms with E-state index in [1.807, 2.05) is 6.92 Å². The van der Waals surface area contributed by atoms with Gasteiger partial charge in [-0.2, -0.15) is 0 Å². The molecule has 2 rings (SSSR count). The molecule has 2 aromatic rings. The molecule has 0 aliphatic rings. The molecule has 0 unspecified atom stereocenters. The van der Waals surface area contributed by atoms with Gasteiger partial charge in [0.05, 0.1) is 12.1 Å².